The third kappa shape index (κ3) is 6.35. The minimum absolute atomic E-state index is 0.0413. The van der Waals surface area contributed by atoms with Gasteiger partial charge in [-0.2, -0.15) is 0 Å². The largest absolute Gasteiger partial charge is 0.457 e. The van der Waals surface area contributed by atoms with Crippen LogP contribution in [0.5, 0.6) is 23.0 Å². The molecule has 206 valence electrons. The summed E-state index contributed by atoms with van der Waals surface area (Å²) in [5.74, 6) is 1.31. The molecule has 5 aromatic carbocycles. The standard InChI is InChI=1S/C32H20N2O8/c35-31(23-5-13-27(14-6-23)41-29-17-9-25(10-18-29)33(37)38)21-1-2-22(4-3-21)32(36)24-7-15-28(16-8-24)42-30-19-11-26(12-20-30)34(39)40/h1-20H. The van der Waals surface area contributed by atoms with Crippen LogP contribution in [0.25, 0.3) is 0 Å². The Morgan fingerprint density at radius 3 is 0.857 bits per heavy atom. The second kappa shape index (κ2) is 11.9. The molecule has 0 amide bonds. The second-order valence-corrected chi connectivity index (χ2v) is 8.99. The van der Waals surface area contributed by atoms with Crippen LogP contribution in [0.4, 0.5) is 11.4 Å². The van der Waals surface area contributed by atoms with Gasteiger partial charge >= 0.3 is 0 Å². The second-order valence-electron chi connectivity index (χ2n) is 8.99. The number of rotatable bonds is 10. The minimum atomic E-state index is -0.493. The molecule has 0 aromatic heterocycles. The molecule has 0 N–H and O–H groups in total. The van der Waals surface area contributed by atoms with Gasteiger partial charge in [0.1, 0.15) is 23.0 Å². The van der Waals surface area contributed by atoms with Crippen molar-refractivity contribution in [2.24, 2.45) is 0 Å². The van der Waals surface area contributed by atoms with E-state index in [1.807, 2.05) is 0 Å². The predicted molar refractivity (Wildman–Crippen MR) is 153 cm³/mol. The number of benzene rings is 5. The fourth-order valence-electron chi connectivity index (χ4n) is 4.00. The van der Waals surface area contributed by atoms with Crippen molar-refractivity contribution >= 4 is 22.9 Å². The van der Waals surface area contributed by atoms with E-state index in [0.29, 0.717) is 45.3 Å². The Morgan fingerprint density at radius 2 is 0.619 bits per heavy atom. The summed E-state index contributed by atoms with van der Waals surface area (Å²) >= 11 is 0. The number of ether oxygens (including phenoxy) is 2. The number of nitro groups is 2. The lowest BCUT2D eigenvalue weighted by Gasteiger charge is -2.08. The molecule has 10 nitrogen and oxygen atoms in total. The first-order valence-electron chi connectivity index (χ1n) is 12.5. The number of carbonyl (C=O) groups is 2. The van der Waals surface area contributed by atoms with Crippen molar-refractivity contribution in [1.82, 2.24) is 0 Å². The highest BCUT2D eigenvalue weighted by Gasteiger charge is 2.14. The van der Waals surface area contributed by atoms with Crippen LogP contribution in [0, 0.1) is 20.2 Å². The van der Waals surface area contributed by atoms with Gasteiger partial charge in [0.2, 0.25) is 0 Å². The lowest BCUT2D eigenvalue weighted by Crippen LogP contribution is -2.04. The summed E-state index contributed by atoms with van der Waals surface area (Å²) < 4.78 is 11.4. The third-order valence-electron chi connectivity index (χ3n) is 6.21. The van der Waals surface area contributed by atoms with Crippen LogP contribution in [0.1, 0.15) is 31.8 Å². The number of nitrogens with zero attached hydrogens (tertiary/aromatic N) is 2. The van der Waals surface area contributed by atoms with E-state index in [-0.39, 0.29) is 22.9 Å². The van der Waals surface area contributed by atoms with Crippen LogP contribution in [0.2, 0.25) is 0 Å². The molecule has 42 heavy (non-hydrogen) atoms. The van der Waals surface area contributed by atoms with Gasteiger partial charge in [0.25, 0.3) is 11.4 Å². The Morgan fingerprint density at radius 1 is 0.405 bits per heavy atom. The maximum absolute atomic E-state index is 13.0. The average Bonchev–Trinajstić information content (AvgIpc) is 3.02. The number of hydrogen-bond donors (Lipinski definition) is 0. The van der Waals surface area contributed by atoms with Crippen LogP contribution in [-0.4, -0.2) is 21.4 Å². The molecule has 0 radical (unpaired) electrons. The van der Waals surface area contributed by atoms with Gasteiger partial charge in [-0.15, -0.1) is 0 Å². The Labute approximate surface area is 238 Å². The Kier molecular flexibility index (Phi) is 7.78. The summed E-state index contributed by atoms with van der Waals surface area (Å²) in [5.41, 5.74) is 1.58. The summed E-state index contributed by atoms with van der Waals surface area (Å²) in [6.45, 7) is 0. The highest BCUT2D eigenvalue weighted by atomic mass is 16.6. The molecule has 0 aliphatic carbocycles. The van der Waals surface area contributed by atoms with Crippen LogP contribution < -0.4 is 9.47 Å². The maximum atomic E-state index is 13.0. The lowest BCUT2D eigenvalue weighted by molar-refractivity contribution is -0.385. The first-order valence-corrected chi connectivity index (χ1v) is 12.5. The van der Waals surface area contributed by atoms with E-state index < -0.39 is 9.85 Å². The van der Waals surface area contributed by atoms with Crippen LogP contribution in [0.3, 0.4) is 0 Å². The molecular weight excluding hydrogens is 540 g/mol. The van der Waals surface area contributed by atoms with Crippen molar-refractivity contribution in [3.63, 3.8) is 0 Å². The monoisotopic (exact) mass is 560 g/mol. The fourth-order valence-corrected chi connectivity index (χ4v) is 4.00. The van der Waals surface area contributed by atoms with Crippen molar-refractivity contribution in [2.75, 3.05) is 0 Å². The fraction of sp³-hybridized carbons (Fsp3) is 0. The van der Waals surface area contributed by atoms with Crippen LogP contribution >= 0.6 is 0 Å². The molecule has 0 aliphatic rings. The highest BCUT2D eigenvalue weighted by Crippen LogP contribution is 2.26. The first kappa shape index (κ1) is 27.4. The van der Waals surface area contributed by atoms with Gasteiger partial charge in [-0.1, -0.05) is 24.3 Å². The van der Waals surface area contributed by atoms with Gasteiger partial charge in [0.05, 0.1) is 9.85 Å². The SMILES string of the molecule is O=C(c1ccc(Oc2ccc([N+](=O)[O-])cc2)cc1)c1ccc(C(=O)c2ccc(Oc3ccc([N+](=O)[O-])cc3)cc2)cc1. The zero-order valence-electron chi connectivity index (χ0n) is 21.7. The number of carbonyl (C=O) groups excluding carboxylic acids is 2. The van der Waals surface area contributed by atoms with E-state index in [2.05, 4.69) is 0 Å². The Hall–Kier alpha value is -6.16. The van der Waals surface area contributed by atoms with E-state index >= 15 is 0 Å². The molecule has 0 heterocycles. The highest BCUT2D eigenvalue weighted by molar-refractivity contribution is 6.11. The summed E-state index contributed by atoms with van der Waals surface area (Å²) in [4.78, 5) is 46.5. The molecule has 0 unspecified atom stereocenters. The van der Waals surface area contributed by atoms with E-state index in [1.165, 1.54) is 48.5 Å². The van der Waals surface area contributed by atoms with Crippen molar-refractivity contribution in [1.29, 1.82) is 0 Å². The molecule has 5 aromatic rings. The maximum Gasteiger partial charge on any atom is 0.269 e. The van der Waals surface area contributed by atoms with Crippen molar-refractivity contribution < 1.29 is 28.9 Å². The molecule has 0 atom stereocenters. The average molecular weight is 561 g/mol. The van der Waals surface area contributed by atoms with Crippen molar-refractivity contribution in [2.45, 2.75) is 0 Å². The normalized spacial score (nSPS) is 10.5. The van der Waals surface area contributed by atoms with Crippen LogP contribution in [-0.2, 0) is 0 Å². The summed E-state index contributed by atoms with van der Waals surface area (Å²) in [6, 6.07) is 30.6. The van der Waals surface area contributed by atoms with Gasteiger partial charge in [0.15, 0.2) is 11.6 Å². The van der Waals surface area contributed by atoms with E-state index in [4.69, 9.17) is 9.47 Å². The van der Waals surface area contributed by atoms with Gasteiger partial charge < -0.3 is 9.47 Å². The molecule has 0 aliphatic heterocycles. The van der Waals surface area contributed by atoms with Crippen molar-refractivity contribution in [3.8, 4) is 23.0 Å². The molecule has 5 rings (SSSR count). The van der Waals surface area contributed by atoms with E-state index in [1.54, 1.807) is 72.8 Å². The number of nitro benzene ring substituents is 2. The zero-order valence-corrected chi connectivity index (χ0v) is 21.7. The molecule has 0 bridgehead atoms. The summed E-state index contributed by atoms with van der Waals surface area (Å²) in [5, 5.41) is 21.6. The van der Waals surface area contributed by atoms with E-state index in [0.717, 1.165) is 0 Å². The molecule has 10 heteroatoms. The zero-order chi connectivity index (χ0) is 29.6. The molecule has 0 spiro atoms. The first-order chi connectivity index (χ1) is 20.3. The van der Waals surface area contributed by atoms with Gasteiger partial charge in [0, 0.05) is 46.5 Å². The van der Waals surface area contributed by atoms with Gasteiger partial charge in [-0.3, -0.25) is 29.8 Å². The predicted octanol–water partition coefficient (Wildman–Crippen LogP) is 7.55. The summed E-state index contributed by atoms with van der Waals surface area (Å²) in [7, 11) is 0. The molecule has 0 fully saturated rings. The third-order valence-corrected chi connectivity index (χ3v) is 6.21. The van der Waals surface area contributed by atoms with E-state index in [9.17, 15) is 29.8 Å². The Balaban J connectivity index is 1.20. The lowest BCUT2D eigenvalue weighted by atomic mass is 9.98. The molecule has 0 saturated carbocycles. The molecular formula is C32H20N2O8. The molecule has 0 saturated heterocycles. The summed E-state index contributed by atoms with van der Waals surface area (Å²) in [6.07, 6.45) is 0. The topological polar surface area (TPSA) is 139 Å². The number of ketones is 2. The number of non-ortho nitro benzene ring substituents is 2. The minimum Gasteiger partial charge on any atom is -0.457 e. The van der Waals surface area contributed by atoms with Crippen molar-refractivity contribution in [3.05, 3.63) is 164 Å². The smallest absolute Gasteiger partial charge is 0.269 e. The van der Waals surface area contributed by atoms with Crippen LogP contribution in [0.15, 0.2) is 121 Å². The Bertz CT molecular complexity index is 1630. The number of hydrogen-bond acceptors (Lipinski definition) is 8. The quantitative estimate of drug-likeness (QED) is 0.0969. The van der Waals surface area contributed by atoms with Gasteiger partial charge in [-0.25, -0.2) is 0 Å². The van der Waals surface area contributed by atoms with Gasteiger partial charge in [-0.05, 0) is 72.8 Å².